The summed E-state index contributed by atoms with van der Waals surface area (Å²) in [7, 11) is -2.96. The molecule has 0 radical (unpaired) electrons. The molecule has 1 aromatic carbocycles. The molecule has 0 bridgehead atoms. The summed E-state index contributed by atoms with van der Waals surface area (Å²) in [5.41, 5.74) is 0.440. The minimum absolute atomic E-state index is 0.0581. The third-order valence-corrected chi connectivity index (χ3v) is 6.32. The van der Waals surface area contributed by atoms with E-state index in [2.05, 4.69) is 0 Å². The van der Waals surface area contributed by atoms with Crippen molar-refractivity contribution in [3.8, 4) is 0 Å². The lowest BCUT2D eigenvalue weighted by atomic mass is 10.1. The summed E-state index contributed by atoms with van der Waals surface area (Å²) in [4.78, 5) is 0. The van der Waals surface area contributed by atoms with Crippen LogP contribution in [0.2, 0.25) is 6.04 Å². The molecule has 3 nitrogen and oxygen atoms in total. The molecule has 1 rings (SSSR count). The summed E-state index contributed by atoms with van der Waals surface area (Å²) >= 11 is 0. The van der Waals surface area contributed by atoms with Gasteiger partial charge < -0.3 is 13.3 Å². The highest BCUT2D eigenvalue weighted by atomic mass is 28.4. The molecule has 0 atom stereocenters. The molecule has 0 saturated carbocycles. The molecule has 0 aliphatic carbocycles. The summed E-state index contributed by atoms with van der Waals surface area (Å²) in [6, 6.07) is 4.07. The zero-order chi connectivity index (χ0) is 17.6. The van der Waals surface area contributed by atoms with Crippen LogP contribution in [0.25, 0.3) is 0 Å². The molecular formula is C17H28F2O3Si. The molecular weight excluding hydrogens is 318 g/mol. The second-order valence-corrected chi connectivity index (χ2v) is 8.99. The van der Waals surface area contributed by atoms with Crippen LogP contribution in [0.1, 0.15) is 47.1 Å². The number of benzene rings is 1. The number of aryl methyl sites for hydroxylation is 1. The van der Waals surface area contributed by atoms with Crippen LogP contribution in [-0.4, -0.2) is 27.1 Å². The number of rotatable bonds is 9. The topological polar surface area (TPSA) is 27.7 Å². The molecule has 0 aliphatic heterocycles. The van der Waals surface area contributed by atoms with E-state index in [-0.39, 0.29) is 18.3 Å². The highest BCUT2D eigenvalue weighted by molar-refractivity contribution is 6.60. The van der Waals surface area contributed by atoms with E-state index in [0.29, 0.717) is 18.0 Å². The van der Waals surface area contributed by atoms with Gasteiger partial charge in [0.1, 0.15) is 11.6 Å². The lowest BCUT2D eigenvalue weighted by Gasteiger charge is -2.34. The van der Waals surface area contributed by atoms with Crippen molar-refractivity contribution in [2.45, 2.75) is 72.3 Å². The van der Waals surface area contributed by atoms with Crippen molar-refractivity contribution in [1.82, 2.24) is 0 Å². The van der Waals surface area contributed by atoms with E-state index >= 15 is 0 Å². The summed E-state index contributed by atoms with van der Waals surface area (Å²) in [5.74, 6) is -1.13. The van der Waals surface area contributed by atoms with Crippen LogP contribution in [0.15, 0.2) is 18.2 Å². The van der Waals surface area contributed by atoms with E-state index < -0.39 is 20.4 Å². The minimum atomic E-state index is -2.96. The first-order valence-electron chi connectivity index (χ1n) is 8.11. The van der Waals surface area contributed by atoms with Crippen LogP contribution in [0.5, 0.6) is 0 Å². The lowest BCUT2D eigenvalue weighted by Crippen LogP contribution is -2.51. The van der Waals surface area contributed by atoms with Crippen LogP contribution in [0, 0.1) is 11.6 Å². The first-order chi connectivity index (χ1) is 10.6. The normalized spacial score (nSPS) is 12.7. The van der Waals surface area contributed by atoms with Gasteiger partial charge in [-0.1, -0.05) is 6.07 Å². The third kappa shape index (κ3) is 7.08. The van der Waals surface area contributed by atoms with E-state index in [1.807, 2.05) is 41.5 Å². The lowest BCUT2D eigenvalue weighted by molar-refractivity contribution is 0.00328. The van der Waals surface area contributed by atoms with Gasteiger partial charge in [-0.05, 0) is 59.6 Å². The van der Waals surface area contributed by atoms with Gasteiger partial charge in [-0.25, -0.2) is 8.78 Å². The number of hydrogen-bond donors (Lipinski definition) is 0. The van der Waals surface area contributed by atoms with Crippen molar-refractivity contribution >= 4 is 8.80 Å². The van der Waals surface area contributed by atoms with E-state index in [9.17, 15) is 8.78 Å². The van der Waals surface area contributed by atoms with E-state index in [1.54, 1.807) is 0 Å². The first-order valence-corrected chi connectivity index (χ1v) is 10.0. The molecule has 0 amide bonds. The second-order valence-electron chi connectivity index (χ2n) is 6.42. The Morgan fingerprint density at radius 1 is 0.870 bits per heavy atom. The molecule has 0 aliphatic rings. The molecule has 0 aromatic heterocycles. The molecule has 0 unspecified atom stereocenters. The van der Waals surface area contributed by atoms with Gasteiger partial charge in [-0.3, -0.25) is 0 Å². The van der Waals surface area contributed by atoms with Gasteiger partial charge in [0.05, 0.1) is 0 Å². The summed E-state index contributed by atoms with van der Waals surface area (Å²) < 4.78 is 45.0. The summed E-state index contributed by atoms with van der Waals surface area (Å²) in [5, 5.41) is 0. The van der Waals surface area contributed by atoms with Gasteiger partial charge in [0.25, 0.3) is 0 Å². The SMILES string of the molecule is CC(C)O[Si](CCc1ccc(F)cc1F)(OC(C)C)OC(C)C. The zero-order valence-electron chi connectivity index (χ0n) is 14.9. The molecule has 1 aromatic rings. The first kappa shape index (κ1) is 20.2. The Bertz CT molecular complexity index is 466. The minimum Gasteiger partial charge on any atom is -0.371 e. The van der Waals surface area contributed by atoms with Gasteiger partial charge >= 0.3 is 8.80 Å². The Hall–Kier alpha value is -0.823. The maximum atomic E-state index is 13.9. The molecule has 0 spiro atoms. The van der Waals surface area contributed by atoms with Gasteiger partial charge in [-0.15, -0.1) is 0 Å². The third-order valence-electron chi connectivity index (χ3n) is 2.96. The van der Waals surface area contributed by atoms with Crippen molar-refractivity contribution in [1.29, 1.82) is 0 Å². The van der Waals surface area contributed by atoms with Crippen LogP contribution in [0.4, 0.5) is 8.78 Å². The Morgan fingerprint density at radius 3 is 1.74 bits per heavy atom. The molecule has 23 heavy (non-hydrogen) atoms. The monoisotopic (exact) mass is 346 g/mol. The van der Waals surface area contributed by atoms with E-state index in [1.165, 1.54) is 12.1 Å². The van der Waals surface area contributed by atoms with Gasteiger partial charge in [0, 0.05) is 30.4 Å². The van der Waals surface area contributed by atoms with Crippen molar-refractivity contribution in [2.24, 2.45) is 0 Å². The van der Waals surface area contributed by atoms with E-state index in [0.717, 1.165) is 6.07 Å². The average molecular weight is 346 g/mol. The molecule has 0 saturated heterocycles. The van der Waals surface area contributed by atoms with E-state index in [4.69, 9.17) is 13.3 Å². The van der Waals surface area contributed by atoms with Crippen molar-refractivity contribution in [2.75, 3.05) is 0 Å². The van der Waals surface area contributed by atoms with Gasteiger partial charge in [0.2, 0.25) is 0 Å². The fraction of sp³-hybridized carbons (Fsp3) is 0.647. The quantitative estimate of drug-likeness (QED) is 0.606. The second kappa shape index (κ2) is 8.87. The van der Waals surface area contributed by atoms with Gasteiger partial charge in [-0.2, -0.15) is 0 Å². The predicted octanol–water partition coefficient (Wildman–Crippen LogP) is 4.72. The molecule has 0 N–H and O–H groups in total. The predicted molar refractivity (Wildman–Crippen MR) is 89.3 cm³/mol. The smallest absolute Gasteiger partial charge is 0.371 e. The standard InChI is InChI=1S/C17H28F2O3Si/c1-12(2)20-23(21-13(3)4,22-14(5)6)10-9-15-7-8-16(18)11-17(15)19/h7-8,11-14H,9-10H2,1-6H3. The Morgan fingerprint density at radius 2 is 1.35 bits per heavy atom. The molecule has 6 heteroatoms. The number of hydrogen-bond acceptors (Lipinski definition) is 3. The van der Waals surface area contributed by atoms with Crippen LogP contribution in [0.3, 0.4) is 0 Å². The maximum absolute atomic E-state index is 13.9. The van der Waals surface area contributed by atoms with Crippen LogP contribution in [-0.2, 0) is 19.7 Å². The van der Waals surface area contributed by atoms with Crippen LogP contribution < -0.4 is 0 Å². The summed E-state index contributed by atoms with van der Waals surface area (Å²) in [6.45, 7) is 11.5. The molecule has 0 fully saturated rings. The Labute approximate surface area is 139 Å². The summed E-state index contributed by atoms with van der Waals surface area (Å²) in [6.07, 6.45) is 0.205. The van der Waals surface area contributed by atoms with Crippen molar-refractivity contribution < 1.29 is 22.1 Å². The van der Waals surface area contributed by atoms with Crippen LogP contribution >= 0.6 is 0 Å². The number of halogens is 2. The fourth-order valence-electron chi connectivity index (χ4n) is 2.35. The van der Waals surface area contributed by atoms with Crippen molar-refractivity contribution in [3.05, 3.63) is 35.4 Å². The largest absolute Gasteiger partial charge is 0.501 e. The Kier molecular flexibility index (Phi) is 7.80. The Balaban J connectivity index is 2.96. The fourth-order valence-corrected chi connectivity index (χ4v) is 5.60. The molecule has 132 valence electrons. The zero-order valence-corrected chi connectivity index (χ0v) is 15.9. The highest BCUT2D eigenvalue weighted by Crippen LogP contribution is 2.25. The van der Waals surface area contributed by atoms with Gasteiger partial charge in [0.15, 0.2) is 0 Å². The maximum Gasteiger partial charge on any atom is 0.501 e. The van der Waals surface area contributed by atoms with Crippen molar-refractivity contribution in [3.63, 3.8) is 0 Å². The average Bonchev–Trinajstić information content (AvgIpc) is 2.34. The molecule has 0 heterocycles. The highest BCUT2D eigenvalue weighted by Gasteiger charge is 2.43.